The summed E-state index contributed by atoms with van der Waals surface area (Å²) in [4.78, 5) is 28.5. The molecule has 0 radical (unpaired) electrons. The van der Waals surface area contributed by atoms with Gasteiger partial charge in [0.05, 0.1) is 17.7 Å². The van der Waals surface area contributed by atoms with Crippen LogP contribution in [0, 0.1) is 0 Å². The number of hydrogen-bond donors (Lipinski definition) is 1. The summed E-state index contributed by atoms with van der Waals surface area (Å²) in [6, 6.07) is 29.9. The van der Waals surface area contributed by atoms with Crippen molar-refractivity contribution in [3.05, 3.63) is 115 Å². The molecule has 9 nitrogen and oxygen atoms in total. The van der Waals surface area contributed by atoms with Gasteiger partial charge in [0.25, 0.3) is 10.0 Å². The molecule has 230 valence electrons. The van der Waals surface area contributed by atoms with Gasteiger partial charge in [-0.15, -0.1) is 0 Å². The maximum absolute atomic E-state index is 14.1. The molecule has 0 spiro atoms. The van der Waals surface area contributed by atoms with Crippen molar-refractivity contribution in [2.75, 3.05) is 24.5 Å². The van der Waals surface area contributed by atoms with Gasteiger partial charge in [-0.1, -0.05) is 55.5 Å². The van der Waals surface area contributed by atoms with Crippen molar-refractivity contribution in [2.24, 2.45) is 0 Å². The third-order valence-corrected chi connectivity index (χ3v) is 8.73. The molecule has 10 heteroatoms. The highest BCUT2D eigenvalue weighted by Crippen LogP contribution is 2.28. The molecule has 0 unspecified atom stereocenters. The van der Waals surface area contributed by atoms with Gasteiger partial charge in [0.15, 0.2) is 0 Å². The molecule has 4 rings (SSSR count). The number of hydrogen-bond acceptors (Lipinski definition) is 6. The zero-order valence-electron chi connectivity index (χ0n) is 25.1. The number of para-hydroxylation sites is 1. The van der Waals surface area contributed by atoms with E-state index in [0.29, 0.717) is 23.8 Å². The van der Waals surface area contributed by atoms with Crippen molar-refractivity contribution in [3.8, 4) is 17.2 Å². The molecule has 2 amide bonds. The highest BCUT2D eigenvalue weighted by molar-refractivity contribution is 7.92. The van der Waals surface area contributed by atoms with Crippen LogP contribution in [0.2, 0.25) is 0 Å². The van der Waals surface area contributed by atoms with Crippen LogP contribution in [0.5, 0.6) is 17.2 Å². The van der Waals surface area contributed by atoms with Gasteiger partial charge in [-0.25, -0.2) is 8.42 Å². The Labute approximate surface area is 259 Å². The van der Waals surface area contributed by atoms with E-state index in [0.717, 1.165) is 16.3 Å². The SMILES string of the molecule is CCCNC(=O)[C@H](C)N(Cc1ccc(OC)cc1)C(=O)CN(c1ccc(Oc2ccccc2)cc1)S(=O)(=O)c1ccccc1. The summed E-state index contributed by atoms with van der Waals surface area (Å²) in [6.07, 6.45) is 0.734. The van der Waals surface area contributed by atoms with Gasteiger partial charge in [-0.2, -0.15) is 0 Å². The molecule has 0 heterocycles. The van der Waals surface area contributed by atoms with E-state index in [4.69, 9.17) is 9.47 Å². The number of nitrogens with one attached hydrogen (secondary N) is 1. The minimum Gasteiger partial charge on any atom is -0.497 e. The van der Waals surface area contributed by atoms with Gasteiger partial charge in [0.1, 0.15) is 29.8 Å². The van der Waals surface area contributed by atoms with Crippen LogP contribution in [0.15, 0.2) is 114 Å². The fraction of sp³-hybridized carbons (Fsp3) is 0.235. The van der Waals surface area contributed by atoms with E-state index in [1.54, 1.807) is 80.8 Å². The van der Waals surface area contributed by atoms with Crippen LogP contribution in [-0.2, 0) is 26.2 Å². The van der Waals surface area contributed by atoms with Gasteiger partial charge in [0.2, 0.25) is 11.8 Å². The Morgan fingerprint density at radius 2 is 1.36 bits per heavy atom. The van der Waals surface area contributed by atoms with Crippen LogP contribution in [0.25, 0.3) is 0 Å². The molecular weight excluding hydrogens is 578 g/mol. The Balaban J connectivity index is 1.67. The number of nitrogens with zero attached hydrogens (tertiary/aromatic N) is 2. The summed E-state index contributed by atoms with van der Waals surface area (Å²) in [5.74, 6) is 0.928. The van der Waals surface area contributed by atoms with Gasteiger partial charge >= 0.3 is 0 Å². The molecule has 44 heavy (non-hydrogen) atoms. The van der Waals surface area contributed by atoms with Crippen LogP contribution < -0.4 is 19.1 Å². The molecule has 0 aliphatic heterocycles. The fourth-order valence-electron chi connectivity index (χ4n) is 4.46. The lowest BCUT2D eigenvalue weighted by molar-refractivity contribution is -0.139. The number of carbonyl (C=O) groups excluding carboxylic acids is 2. The van der Waals surface area contributed by atoms with E-state index in [1.807, 2.05) is 37.3 Å². The Morgan fingerprint density at radius 1 is 0.795 bits per heavy atom. The second-order valence-corrected chi connectivity index (χ2v) is 11.9. The summed E-state index contributed by atoms with van der Waals surface area (Å²) in [5, 5.41) is 2.84. The van der Waals surface area contributed by atoms with Crippen LogP contribution in [0.4, 0.5) is 5.69 Å². The van der Waals surface area contributed by atoms with E-state index in [9.17, 15) is 18.0 Å². The summed E-state index contributed by atoms with van der Waals surface area (Å²) in [5.41, 5.74) is 1.03. The molecule has 0 aliphatic rings. The molecule has 1 N–H and O–H groups in total. The van der Waals surface area contributed by atoms with Gasteiger partial charge in [-0.05, 0) is 79.6 Å². The zero-order valence-corrected chi connectivity index (χ0v) is 25.9. The number of rotatable bonds is 14. The van der Waals surface area contributed by atoms with E-state index in [-0.39, 0.29) is 23.0 Å². The minimum absolute atomic E-state index is 0.0350. The molecule has 0 aliphatic carbocycles. The number of benzene rings is 4. The average Bonchev–Trinajstić information content (AvgIpc) is 3.06. The van der Waals surface area contributed by atoms with E-state index >= 15 is 0 Å². The predicted molar refractivity (Wildman–Crippen MR) is 170 cm³/mol. The average molecular weight is 616 g/mol. The molecular formula is C34H37N3O6S. The third-order valence-electron chi connectivity index (χ3n) is 6.94. The molecule has 4 aromatic rings. The monoisotopic (exact) mass is 615 g/mol. The van der Waals surface area contributed by atoms with Crippen molar-refractivity contribution in [1.82, 2.24) is 10.2 Å². The van der Waals surface area contributed by atoms with Crippen molar-refractivity contribution in [3.63, 3.8) is 0 Å². The molecule has 1 atom stereocenters. The first-order valence-corrected chi connectivity index (χ1v) is 15.8. The van der Waals surface area contributed by atoms with Crippen molar-refractivity contribution < 1.29 is 27.5 Å². The number of methoxy groups -OCH3 is 1. The lowest BCUT2D eigenvalue weighted by atomic mass is 10.1. The highest BCUT2D eigenvalue weighted by atomic mass is 32.2. The standard InChI is InChI=1S/C34H37N3O6S/c1-4-23-35-34(39)26(2)36(24-27-15-19-29(42-3)20-16-27)33(38)25-37(44(40,41)32-13-9-6-10-14-32)28-17-21-31(22-18-28)43-30-11-7-5-8-12-30/h5-22,26H,4,23-25H2,1-3H3,(H,35,39)/t26-/m0/s1. The highest BCUT2D eigenvalue weighted by Gasteiger charge is 2.32. The number of anilines is 1. The second kappa shape index (κ2) is 15.1. The molecule has 0 saturated heterocycles. The van der Waals surface area contributed by atoms with Crippen molar-refractivity contribution >= 4 is 27.5 Å². The van der Waals surface area contributed by atoms with Gasteiger partial charge in [-0.3, -0.25) is 13.9 Å². The van der Waals surface area contributed by atoms with E-state index in [2.05, 4.69) is 5.32 Å². The maximum atomic E-state index is 14.1. The fourth-order valence-corrected chi connectivity index (χ4v) is 5.89. The quantitative estimate of drug-likeness (QED) is 0.197. The molecule has 0 aromatic heterocycles. The summed E-state index contributed by atoms with van der Waals surface area (Å²) < 4.78 is 40.1. The van der Waals surface area contributed by atoms with Gasteiger partial charge < -0.3 is 19.7 Å². The maximum Gasteiger partial charge on any atom is 0.264 e. The number of carbonyl (C=O) groups is 2. The summed E-state index contributed by atoms with van der Waals surface area (Å²) >= 11 is 0. The largest absolute Gasteiger partial charge is 0.497 e. The van der Waals surface area contributed by atoms with Crippen molar-refractivity contribution in [1.29, 1.82) is 0 Å². The minimum atomic E-state index is -4.17. The van der Waals surface area contributed by atoms with Crippen molar-refractivity contribution in [2.45, 2.75) is 37.8 Å². The molecule has 0 bridgehead atoms. The van der Waals surface area contributed by atoms with E-state index in [1.165, 1.54) is 17.0 Å². The lowest BCUT2D eigenvalue weighted by Crippen LogP contribution is -2.51. The van der Waals surface area contributed by atoms with Crippen LogP contribution in [0.1, 0.15) is 25.8 Å². The smallest absolute Gasteiger partial charge is 0.264 e. The van der Waals surface area contributed by atoms with Crippen LogP contribution >= 0.6 is 0 Å². The topological polar surface area (TPSA) is 105 Å². The van der Waals surface area contributed by atoms with E-state index < -0.39 is 28.5 Å². The second-order valence-electron chi connectivity index (χ2n) is 10.1. The third kappa shape index (κ3) is 8.17. The first kappa shape index (κ1) is 32.1. The molecule has 0 fully saturated rings. The van der Waals surface area contributed by atoms with Crippen LogP contribution in [-0.4, -0.2) is 51.4 Å². The normalized spacial score (nSPS) is 11.7. The number of sulfonamides is 1. The number of ether oxygens (including phenoxy) is 2. The summed E-state index contributed by atoms with van der Waals surface area (Å²) in [7, 11) is -2.61. The molecule has 0 saturated carbocycles. The number of amides is 2. The first-order chi connectivity index (χ1) is 21.2. The predicted octanol–water partition coefficient (Wildman–Crippen LogP) is 5.63. The Morgan fingerprint density at radius 3 is 1.95 bits per heavy atom. The Hall–Kier alpha value is -4.83. The van der Waals surface area contributed by atoms with Gasteiger partial charge in [0, 0.05) is 13.1 Å². The first-order valence-electron chi connectivity index (χ1n) is 14.3. The van der Waals surface area contributed by atoms with Crippen LogP contribution in [0.3, 0.4) is 0 Å². The summed E-state index contributed by atoms with van der Waals surface area (Å²) in [6.45, 7) is 3.59. The Bertz CT molecular complexity index is 1610. The zero-order chi connectivity index (χ0) is 31.5. The Kier molecular flexibility index (Phi) is 11.0. The molecule has 4 aromatic carbocycles. The lowest BCUT2D eigenvalue weighted by Gasteiger charge is -2.32.